The summed E-state index contributed by atoms with van der Waals surface area (Å²) < 4.78 is 40.9. The van der Waals surface area contributed by atoms with Gasteiger partial charge in [-0.2, -0.15) is 0 Å². The van der Waals surface area contributed by atoms with E-state index in [1.54, 1.807) is 123 Å². The van der Waals surface area contributed by atoms with Gasteiger partial charge in [-0.05, 0) is 143 Å². The van der Waals surface area contributed by atoms with Gasteiger partial charge in [0.15, 0.2) is 35.7 Å². The zero-order chi connectivity index (χ0) is 65.6. The Bertz CT molecular complexity index is 3810. The number of aryl methyl sites for hydroxylation is 6. The fraction of sp³-hybridized carbons (Fsp3) is 0.200. The summed E-state index contributed by atoms with van der Waals surface area (Å²) in [5.41, 5.74) is 11.5. The molecule has 0 fully saturated rings. The Morgan fingerprint density at radius 1 is 0.292 bits per heavy atom. The van der Waals surface area contributed by atoms with Crippen molar-refractivity contribution in [3.05, 3.63) is 272 Å². The molecular weight excluding hydrogens is 1120 g/mol. The van der Waals surface area contributed by atoms with E-state index in [9.17, 15) is 28.8 Å². The molecule has 9 rings (SSSR count). The van der Waals surface area contributed by atoms with Gasteiger partial charge in [0.05, 0.1) is 84.7 Å². The molecule has 0 bridgehead atoms. The molecule has 0 saturated heterocycles. The summed E-state index contributed by atoms with van der Waals surface area (Å²) in [5, 5.41) is 0. The van der Waals surface area contributed by atoms with Crippen molar-refractivity contribution in [3.63, 3.8) is 0 Å². The van der Waals surface area contributed by atoms with Gasteiger partial charge in [0, 0.05) is 34.4 Å². The van der Waals surface area contributed by atoms with Gasteiger partial charge < -0.3 is 37.9 Å². The normalized spacial score (nSPS) is 9.79. The van der Waals surface area contributed by atoms with Crippen molar-refractivity contribution >= 4 is 35.7 Å². The van der Waals surface area contributed by atoms with Crippen LogP contribution in [0.25, 0.3) is 0 Å². The third-order valence-electron chi connectivity index (χ3n) is 13.8. The number of benzene rings is 9. The number of methoxy groups -OCH3 is 8. The zero-order valence-corrected chi connectivity index (χ0v) is 53.3. The lowest BCUT2D eigenvalue weighted by atomic mass is 9.98. The monoisotopic (exact) mass is 1200 g/mol. The first-order chi connectivity index (χ1) is 42.8. The van der Waals surface area contributed by atoms with Gasteiger partial charge >= 0.3 is 0 Å². The fourth-order valence-corrected chi connectivity index (χ4v) is 8.94. The average molecular weight is 1200 g/mol. The zero-order valence-electron chi connectivity index (χ0n) is 53.3. The molecule has 0 spiro atoms. The van der Waals surface area contributed by atoms with Gasteiger partial charge in [-0.25, -0.2) is 0 Å². The molecule has 0 heterocycles. The number of Topliss-reactive ketones (excluding diaryl/α,β-unsaturated/α-hetero) is 1. The van der Waals surface area contributed by atoms with Gasteiger partial charge in [-0.1, -0.05) is 115 Å². The van der Waals surface area contributed by atoms with E-state index in [0.29, 0.717) is 84.8 Å². The molecule has 0 aromatic heterocycles. The van der Waals surface area contributed by atoms with E-state index in [2.05, 4.69) is 0 Å². The number of carbonyl (C=O) groups is 6. The first-order valence-corrected chi connectivity index (χ1v) is 28.0. The first-order valence-electron chi connectivity index (χ1n) is 28.0. The van der Waals surface area contributed by atoms with Gasteiger partial charge in [0.25, 0.3) is 0 Å². The van der Waals surface area contributed by atoms with Crippen LogP contribution in [0, 0.1) is 41.5 Å². The second kappa shape index (κ2) is 36.4. The van der Waals surface area contributed by atoms with E-state index in [1.165, 1.54) is 7.11 Å². The molecule has 0 radical (unpaired) electrons. The predicted octanol–water partition coefficient (Wildman–Crippen LogP) is 15.6. The van der Waals surface area contributed by atoms with E-state index in [-0.39, 0.29) is 23.1 Å². The standard InChI is InChI=1S/C16H16O3.2C15H14O2.C10H12O3.C10H12O2.C9H10O2/c1-11-6-4-5-7-13(11)16(17)14-9-8-12(18-2)10-15(14)19-3;1-11-7-6-10-13(17-2)14(11)15(16)12-8-4-3-5-9-12;1-11-5-3-4-6-14(11)15(16)12-7-9-13(17-2)10-8-12;1-7-4-8(12-2)5-10(13-3)9(7)6-11;1-7-5-4-6-9(12-3)10(7)8(2)11;1-7-4-3-5-9(11-2)8(7)6-10/h4-10H,1-3H3;2*3-10H,1-2H3;4-6H,1-3H3;4-6H,1-3H3;3-6H,1-2H3. The lowest BCUT2D eigenvalue weighted by molar-refractivity contribution is 0.100. The number of ketones is 4. The van der Waals surface area contributed by atoms with Crippen LogP contribution >= 0.6 is 0 Å². The van der Waals surface area contributed by atoms with E-state index in [4.69, 9.17) is 37.9 Å². The second-order valence-electron chi connectivity index (χ2n) is 19.6. The summed E-state index contributed by atoms with van der Waals surface area (Å²) in [7, 11) is 12.6. The molecule has 9 aromatic carbocycles. The number of hydrogen-bond donors (Lipinski definition) is 0. The molecule has 0 atom stereocenters. The van der Waals surface area contributed by atoms with Crippen LogP contribution in [0.15, 0.2) is 188 Å². The predicted molar refractivity (Wildman–Crippen MR) is 350 cm³/mol. The highest BCUT2D eigenvalue weighted by molar-refractivity contribution is 6.12. The van der Waals surface area contributed by atoms with Crippen molar-refractivity contribution in [1.82, 2.24) is 0 Å². The molecule has 0 saturated carbocycles. The SMILES string of the molecule is COc1cc(C)c(C=O)c(OC)c1.COc1ccc(C(=O)c2ccccc2C)c(OC)c1.COc1ccc(C(=O)c2ccccc2C)cc1.COc1cccc(C)c1C(=O)c1ccccc1.COc1cccc(C)c1C(C)=O.COc1cccc(C)c1C=O. The fourth-order valence-electron chi connectivity index (χ4n) is 8.94. The second-order valence-corrected chi connectivity index (χ2v) is 19.6. The van der Waals surface area contributed by atoms with Gasteiger partial charge in [-0.15, -0.1) is 0 Å². The van der Waals surface area contributed by atoms with Crippen molar-refractivity contribution in [1.29, 1.82) is 0 Å². The summed E-state index contributed by atoms with van der Waals surface area (Å²) in [4.78, 5) is 69.5. The van der Waals surface area contributed by atoms with Crippen molar-refractivity contribution in [2.45, 2.75) is 48.5 Å². The van der Waals surface area contributed by atoms with Crippen LogP contribution in [0.3, 0.4) is 0 Å². The highest BCUT2D eigenvalue weighted by atomic mass is 16.5. The van der Waals surface area contributed by atoms with Crippen LogP contribution in [0.1, 0.15) is 119 Å². The topological polar surface area (TPSA) is 176 Å². The van der Waals surface area contributed by atoms with Crippen molar-refractivity contribution in [3.8, 4) is 46.0 Å². The Labute approximate surface area is 522 Å². The summed E-state index contributed by atoms with van der Waals surface area (Å²) in [6.07, 6.45) is 1.60. The van der Waals surface area contributed by atoms with Gasteiger partial charge in [-0.3, -0.25) is 28.8 Å². The molecule has 0 N–H and O–H groups in total. The molecule has 0 aliphatic rings. The largest absolute Gasteiger partial charge is 0.497 e. The molecule has 0 aliphatic carbocycles. The van der Waals surface area contributed by atoms with Crippen molar-refractivity contribution < 1.29 is 66.7 Å². The minimum Gasteiger partial charge on any atom is -0.497 e. The minimum atomic E-state index is -0.0439. The Balaban J connectivity index is 0.000000231. The van der Waals surface area contributed by atoms with E-state index in [1.807, 2.05) is 163 Å². The highest BCUT2D eigenvalue weighted by Gasteiger charge is 2.19. The van der Waals surface area contributed by atoms with E-state index < -0.39 is 0 Å². The third-order valence-corrected chi connectivity index (χ3v) is 13.8. The molecular formula is C75H78O14. The van der Waals surface area contributed by atoms with E-state index in [0.717, 1.165) is 57.3 Å². The van der Waals surface area contributed by atoms with Crippen LogP contribution in [0.4, 0.5) is 0 Å². The number of ether oxygens (including phenoxy) is 8. The number of hydrogen-bond acceptors (Lipinski definition) is 14. The number of rotatable bonds is 17. The maximum absolute atomic E-state index is 12.5. The average Bonchev–Trinajstić information content (AvgIpc) is 3.26. The lowest BCUT2D eigenvalue weighted by Gasteiger charge is -2.10. The molecule has 462 valence electrons. The molecule has 14 nitrogen and oxygen atoms in total. The Morgan fingerprint density at radius 3 is 1.16 bits per heavy atom. The summed E-state index contributed by atoms with van der Waals surface area (Å²) >= 11 is 0. The first kappa shape index (κ1) is 70.9. The maximum atomic E-state index is 12.5. The van der Waals surface area contributed by atoms with Crippen LogP contribution in [0.2, 0.25) is 0 Å². The van der Waals surface area contributed by atoms with Gasteiger partial charge in [0.2, 0.25) is 0 Å². The summed E-state index contributed by atoms with van der Waals surface area (Å²) in [6, 6.07) is 56.9. The highest BCUT2D eigenvalue weighted by Crippen LogP contribution is 2.30. The molecule has 0 unspecified atom stereocenters. The number of aldehydes is 2. The molecule has 89 heavy (non-hydrogen) atoms. The molecule has 0 amide bonds. The number of carbonyl (C=O) groups excluding carboxylic acids is 6. The summed E-state index contributed by atoms with van der Waals surface area (Å²) in [6.45, 7) is 12.9. The van der Waals surface area contributed by atoms with Crippen molar-refractivity contribution in [2.75, 3.05) is 56.9 Å². The Hall–Kier alpha value is -10.6. The maximum Gasteiger partial charge on any atom is 0.197 e. The van der Waals surface area contributed by atoms with Crippen LogP contribution in [-0.2, 0) is 0 Å². The molecule has 0 aliphatic heterocycles. The van der Waals surface area contributed by atoms with Crippen molar-refractivity contribution in [2.24, 2.45) is 0 Å². The molecule has 14 heteroatoms. The Morgan fingerprint density at radius 2 is 0.697 bits per heavy atom. The smallest absolute Gasteiger partial charge is 0.197 e. The minimum absolute atomic E-state index is 0.000509. The van der Waals surface area contributed by atoms with Crippen LogP contribution in [0.5, 0.6) is 46.0 Å². The summed E-state index contributed by atoms with van der Waals surface area (Å²) in [5.74, 6) is 5.15. The van der Waals surface area contributed by atoms with Crippen LogP contribution in [-0.4, -0.2) is 92.6 Å². The third kappa shape index (κ3) is 20.0. The Kier molecular flexibility index (Phi) is 29.0. The van der Waals surface area contributed by atoms with E-state index >= 15 is 0 Å². The quantitative estimate of drug-likeness (QED) is 0.0621. The lowest BCUT2D eigenvalue weighted by Crippen LogP contribution is -2.06. The molecule has 9 aromatic rings. The van der Waals surface area contributed by atoms with Crippen LogP contribution < -0.4 is 37.9 Å². The van der Waals surface area contributed by atoms with Gasteiger partial charge in [0.1, 0.15) is 46.0 Å².